The van der Waals surface area contributed by atoms with E-state index in [1.165, 1.54) is 18.4 Å². The molecule has 20 heavy (non-hydrogen) atoms. The highest BCUT2D eigenvalue weighted by Crippen LogP contribution is 2.31. The second-order valence-electron chi connectivity index (χ2n) is 6.42. The fraction of sp³-hybridized carbons (Fsp3) is 0.588. The lowest BCUT2D eigenvalue weighted by Crippen LogP contribution is -2.40. The van der Waals surface area contributed by atoms with Crippen LogP contribution < -0.4 is 0 Å². The lowest BCUT2D eigenvalue weighted by Gasteiger charge is -2.34. The minimum absolute atomic E-state index is 0.227. The number of amides is 1. The summed E-state index contributed by atoms with van der Waals surface area (Å²) in [6.45, 7) is 3.76. The van der Waals surface area contributed by atoms with E-state index in [9.17, 15) is 9.90 Å². The number of carbonyl (C=O) groups is 1. The molecule has 0 spiro atoms. The molecule has 1 aliphatic carbocycles. The zero-order chi connectivity index (χ0) is 14.1. The molecular weight excluding hydrogens is 250 g/mol. The van der Waals surface area contributed by atoms with E-state index in [1.54, 1.807) is 12.1 Å². The van der Waals surface area contributed by atoms with Crippen LogP contribution in [-0.2, 0) is 17.8 Å². The summed E-state index contributed by atoms with van der Waals surface area (Å²) in [6.07, 6.45) is 5.36. The minimum Gasteiger partial charge on any atom is -0.508 e. The van der Waals surface area contributed by atoms with Gasteiger partial charge in [0.1, 0.15) is 5.75 Å². The molecule has 0 radical (unpaired) electrons. The lowest BCUT2D eigenvalue weighted by atomic mass is 9.82. The summed E-state index contributed by atoms with van der Waals surface area (Å²) in [6, 6.07) is 5.52. The van der Waals surface area contributed by atoms with Crippen LogP contribution in [0.3, 0.4) is 0 Å². The highest BCUT2D eigenvalue weighted by atomic mass is 16.3. The molecule has 1 N–H and O–H groups in total. The third-order valence-corrected chi connectivity index (χ3v) is 4.88. The minimum atomic E-state index is 0.227. The van der Waals surface area contributed by atoms with E-state index >= 15 is 0 Å². The van der Waals surface area contributed by atoms with Crippen molar-refractivity contribution < 1.29 is 9.90 Å². The highest BCUT2D eigenvalue weighted by molar-refractivity contribution is 5.79. The van der Waals surface area contributed by atoms with Crippen LogP contribution in [0, 0.1) is 11.8 Å². The number of hydrogen-bond acceptors (Lipinski definition) is 2. The van der Waals surface area contributed by atoms with Gasteiger partial charge in [-0.1, -0.05) is 13.0 Å². The molecule has 0 unspecified atom stereocenters. The number of benzene rings is 1. The Bertz CT molecular complexity index is 504. The number of aromatic hydroxyl groups is 1. The highest BCUT2D eigenvalue weighted by Gasteiger charge is 2.29. The van der Waals surface area contributed by atoms with Gasteiger partial charge in [-0.3, -0.25) is 4.79 Å². The van der Waals surface area contributed by atoms with E-state index in [1.807, 2.05) is 11.0 Å². The smallest absolute Gasteiger partial charge is 0.225 e. The average Bonchev–Trinajstić information content (AvgIpc) is 2.46. The summed E-state index contributed by atoms with van der Waals surface area (Å²) in [5.41, 5.74) is 2.37. The number of rotatable bonds is 1. The molecule has 1 heterocycles. The van der Waals surface area contributed by atoms with Crippen LogP contribution in [0.5, 0.6) is 5.75 Å². The van der Waals surface area contributed by atoms with E-state index in [-0.39, 0.29) is 5.92 Å². The molecule has 1 aromatic rings. The zero-order valence-electron chi connectivity index (χ0n) is 12.1. The number of phenolic OH excluding ortho intramolecular Hbond substituents is 1. The molecule has 1 fully saturated rings. The molecule has 0 saturated heterocycles. The summed E-state index contributed by atoms with van der Waals surface area (Å²) >= 11 is 0. The topological polar surface area (TPSA) is 40.5 Å². The van der Waals surface area contributed by atoms with E-state index in [2.05, 4.69) is 6.92 Å². The molecule has 1 aromatic carbocycles. The van der Waals surface area contributed by atoms with Crippen LogP contribution >= 0.6 is 0 Å². The van der Waals surface area contributed by atoms with Gasteiger partial charge in [0.15, 0.2) is 0 Å². The molecule has 1 aliphatic heterocycles. The van der Waals surface area contributed by atoms with Crippen molar-refractivity contribution >= 4 is 5.91 Å². The number of nitrogens with zero attached hydrogens (tertiary/aromatic N) is 1. The van der Waals surface area contributed by atoms with Gasteiger partial charge in [-0.25, -0.2) is 0 Å². The first-order chi connectivity index (χ1) is 9.63. The fourth-order valence-electron chi connectivity index (χ4n) is 3.50. The fourth-order valence-corrected chi connectivity index (χ4v) is 3.50. The van der Waals surface area contributed by atoms with Gasteiger partial charge < -0.3 is 10.0 Å². The Balaban J connectivity index is 1.68. The number of hydrogen-bond donors (Lipinski definition) is 1. The van der Waals surface area contributed by atoms with Gasteiger partial charge in [-0.15, -0.1) is 0 Å². The van der Waals surface area contributed by atoms with Crippen molar-refractivity contribution in [2.45, 2.75) is 45.6 Å². The predicted octanol–water partition coefficient (Wildman–Crippen LogP) is 3.10. The van der Waals surface area contributed by atoms with Crippen molar-refractivity contribution in [3.8, 4) is 5.75 Å². The van der Waals surface area contributed by atoms with Gasteiger partial charge in [0.25, 0.3) is 0 Å². The zero-order valence-corrected chi connectivity index (χ0v) is 12.1. The Morgan fingerprint density at radius 3 is 2.70 bits per heavy atom. The Morgan fingerprint density at radius 2 is 1.95 bits per heavy atom. The van der Waals surface area contributed by atoms with E-state index in [0.29, 0.717) is 18.2 Å². The van der Waals surface area contributed by atoms with Gasteiger partial charge in [-0.2, -0.15) is 0 Å². The van der Waals surface area contributed by atoms with Crippen molar-refractivity contribution in [2.24, 2.45) is 11.8 Å². The number of phenols is 1. The second-order valence-corrected chi connectivity index (χ2v) is 6.42. The first kappa shape index (κ1) is 13.5. The van der Waals surface area contributed by atoms with Crippen LogP contribution in [0.1, 0.15) is 43.7 Å². The number of carbonyl (C=O) groups excluding carboxylic acids is 1. The summed E-state index contributed by atoms with van der Waals surface area (Å²) in [4.78, 5) is 14.6. The third-order valence-electron chi connectivity index (χ3n) is 4.88. The van der Waals surface area contributed by atoms with Crippen LogP contribution in [-0.4, -0.2) is 22.5 Å². The maximum absolute atomic E-state index is 12.6. The largest absolute Gasteiger partial charge is 0.508 e. The van der Waals surface area contributed by atoms with Gasteiger partial charge in [-0.05, 0) is 61.3 Å². The molecular formula is C17H23NO2. The Kier molecular flexibility index (Phi) is 3.68. The van der Waals surface area contributed by atoms with Gasteiger partial charge >= 0.3 is 0 Å². The molecule has 1 amide bonds. The summed E-state index contributed by atoms with van der Waals surface area (Å²) in [7, 11) is 0. The van der Waals surface area contributed by atoms with E-state index < -0.39 is 0 Å². The average molecular weight is 273 g/mol. The van der Waals surface area contributed by atoms with Crippen molar-refractivity contribution in [1.29, 1.82) is 0 Å². The standard InChI is InChI=1S/C17H23NO2/c1-12-2-4-14(5-3-12)17(20)18-9-8-13-6-7-16(19)10-15(13)11-18/h6-7,10,12,14,19H,2-5,8-9,11H2,1H3. The number of fused-ring (bicyclic) bond motifs is 1. The summed E-state index contributed by atoms with van der Waals surface area (Å²) in [5.74, 6) is 1.62. The van der Waals surface area contributed by atoms with Crippen LogP contribution in [0.2, 0.25) is 0 Å². The molecule has 108 valence electrons. The Labute approximate surface area is 120 Å². The van der Waals surface area contributed by atoms with Gasteiger partial charge in [0.05, 0.1) is 0 Å². The van der Waals surface area contributed by atoms with E-state index in [0.717, 1.165) is 37.3 Å². The van der Waals surface area contributed by atoms with Crippen molar-refractivity contribution in [2.75, 3.05) is 6.54 Å². The molecule has 0 aromatic heterocycles. The van der Waals surface area contributed by atoms with Crippen LogP contribution in [0.25, 0.3) is 0 Å². The maximum Gasteiger partial charge on any atom is 0.225 e. The molecule has 0 bridgehead atoms. The Morgan fingerprint density at radius 1 is 1.20 bits per heavy atom. The van der Waals surface area contributed by atoms with Crippen molar-refractivity contribution in [3.05, 3.63) is 29.3 Å². The lowest BCUT2D eigenvalue weighted by molar-refractivity contribution is -0.137. The summed E-state index contributed by atoms with van der Waals surface area (Å²) in [5, 5.41) is 9.59. The second kappa shape index (κ2) is 5.47. The first-order valence-corrected chi connectivity index (χ1v) is 7.73. The first-order valence-electron chi connectivity index (χ1n) is 7.73. The van der Waals surface area contributed by atoms with E-state index in [4.69, 9.17) is 0 Å². The summed E-state index contributed by atoms with van der Waals surface area (Å²) < 4.78 is 0. The quantitative estimate of drug-likeness (QED) is 0.854. The monoisotopic (exact) mass is 273 g/mol. The Hall–Kier alpha value is -1.51. The van der Waals surface area contributed by atoms with Crippen molar-refractivity contribution in [3.63, 3.8) is 0 Å². The van der Waals surface area contributed by atoms with Crippen LogP contribution in [0.4, 0.5) is 0 Å². The van der Waals surface area contributed by atoms with Gasteiger partial charge in [0.2, 0.25) is 5.91 Å². The SMILES string of the molecule is CC1CCC(C(=O)N2CCc3ccc(O)cc3C2)CC1. The normalized spacial score (nSPS) is 26.1. The molecule has 3 nitrogen and oxygen atoms in total. The molecule has 3 heteroatoms. The predicted molar refractivity (Wildman–Crippen MR) is 78.3 cm³/mol. The van der Waals surface area contributed by atoms with Crippen LogP contribution in [0.15, 0.2) is 18.2 Å². The maximum atomic E-state index is 12.6. The van der Waals surface area contributed by atoms with Gasteiger partial charge in [0, 0.05) is 19.0 Å². The molecule has 3 rings (SSSR count). The molecule has 0 atom stereocenters. The van der Waals surface area contributed by atoms with Crippen molar-refractivity contribution in [1.82, 2.24) is 4.90 Å². The molecule has 2 aliphatic rings. The molecule has 1 saturated carbocycles. The third kappa shape index (κ3) is 2.67.